The first-order chi connectivity index (χ1) is 12.4. The highest BCUT2D eigenvalue weighted by atomic mass is 16.6. The number of nitrogens with one attached hydrogen (secondary N) is 1. The van der Waals surface area contributed by atoms with E-state index in [9.17, 15) is 14.9 Å². The largest absolute Gasteiger partial charge is 0.350 e. The van der Waals surface area contributed by atoms with Crippen molar-refractivity contribution in [1.82, 2.24) is 14.8 Å². The molecule has 26 heavy (non-hydrogen) atoms. The van der Waals surface area contributed by atoms with Gasteiger partial charge in [0.05, 0.1) is 10.8 Å². The zero-order valence-electron chi connectivity index (χ0n) is 15.1. The first-order valence-electron chi connectivity index (χ1n) is 8.54. The maximum Gasteiger partial charge on any atom is 0.333 e. The van der Waals surface area contributed by atoms with Crippen LogP contribution in [0.15, 0.2) is 18.2 Å². The predicted molar refractivity (Wildman–Crippen MR) is 97.1 cm³/mol. The molecule has 1 aliphatic rings. The van der Waals surface area contributed by atoms with Crippen LogP contribution in [0.5, 0.6) is 0 Å². The quantitative estimate of drug-likeness (QED) is 0.663. The monoisotopic (exact) mass is 358 g/mol. The van der Waals surface area contributed by atoms with E-state index in [-0.39, 0.29) is 17.5 Å². The van der Waals surface area contributed by atoms with E-state index in [2.05, 4.69) is 15.4 Å². The van der Waals surface area contributed by atoms with E-state index in [1.807, 2.05) is 24.0 Å². The van der Waals surface area contributed by atoms with Gasteiger partial charge in [-0.15, -0.1) is 0 Å². The summed E-state index contributed by atoms with van der Waals surface area (Å²) in [4.78, 5) is 29.8. The highest BCUT2D eigenvalue weighted by molar-refractivity contribution is 5.92. The number of nitro groups is 1. The van der Waals surface area contributed by atoms with E-state index < -0.39 is 4.92 Å². The Morgan fingerprint density at radius 1 is 1.38 bits per heavy atom. The highest BCUT2D eigenvalue weighted by Gasteiger charge is 2.33. The van der Waals surface area contributed by atoms with Crippen LogP contribution in [-0.4, -0.2) is 38.7 Å². The summed E-state index contributed by atoms with van der Waals surface area (Å²) in [6, 6.07) is 5.45. The van der Waals surface area contributed by atoms with Crippen LogP contribution in [0.2, 0.25) is 0 Å². The van der Waals surface area contributed by atoms with Crippen molar-refractivity contribution >= 4 is 23.2 Å². The number of anilines is 2. The first kappa shape index (κ1) is 17.8. The second kappa shape index (κ2) is 7.11. The van der Waals surface area contributed by atoms with E-state index in [4.69, 9.17) is 0 Å². The molecule has 1 atom stereocenters. The van der Waals surface area contributed by atoms with Crippen LogP contribution in [0, 0.1) is 29.9 Å². The van der Waals surface area contributed by atoms with Gasteiger partial charge in [0.25, 0.3) is 0 Å². The molecule has 9 nitrogen and oxygen atoms in total. The molecule has 0 aliphatic carbocycles. The minimum absolute atomic E-state index is 0.00825. The molecule has 2 aromatic rings. The summed E-state index contributed by atoms with van der Waals surface area (Å²) in [5.74, 6) is 0.600. The number of nitrogens with zero attached hydrogens (tertiary/aromatic N) is 5. The van der Waals surface area contributed by atoms with Crippen LogP contribution in [0.1, 0.15) is 24.2 Å². The van der Waals surface area contributed by atoms with Crippen molar-refractivity contribution in [1.29, 1.82) is 0 Å². The van der Waals surface area contributed by atoms with Crippen molar-refractivity contribution in [3.05, 3.63) is 39.7 Å². The Hall–Kier alpha value is -2.97. The van der Waals surface area contributed by atoms with Gasteiger partial charge in [0, 0.05) is 25.8 Å². The Bertz CT molecular complexity index is 847. The van der Waals surface area contributed by atoms with Gasteiger partial charge >= 0.3 is 5.69 Å². The molecule has 1 saturated heterocycles. The third-order valence-electron chi connectivity index (χ3n) is 4.57. The highest BCUT2D eigenvalue weighted by Crippen LogP contribution is 2.33. The van der Waals surface area contributed by atoms with E-state index in [0.29, 0.717) is 30.4 Å². The maximum absolute atomic E-state index is 12.6. The van der Waals surface area contributed by atoms with Gasteiger partial charge in [-0.1, -0.05) is 6.07 Å². The van der Waals surface area contributed by atoms with Crippen molar-refractivity contribution in [2.45, 2.75) is 26.7 Å². The van der Waals surface area contributed by atoms with Crippen molar-refractivity contribution in [2.24, 2.45) is 13.0 Å². The second-order valence-corrected chi connectivity index (χ2v) is 6.58. The number of carbonyl (C=O) groups is 1. The molecule has 138 valence electrons. The molecule has 0 radical (unpaired) electrons. The number of hydrogen-bond donors (Lipinski definition) is 1. The van der Waals surface area contributed by atoms with Crippen LogP contribution in [0.4, 0.5) is 17.3 Å². The van der Waals surface area contributed by atoms with Crippen LogP contribution in [0.25, 0.3) is 0 Å². The maximum atomic E-state index is 12.6. The normalized spacial score (nSPS) is 17.2. The average Bonchev–Trinajstić information content (AvgIpc) is 2.89. The SMILES string of the molecule is Cc1cccc(NC(=O)C2CCCN(c3c([N+](=O)[O-])c(C)nn3C)C2)n1. The Kier molecular flexibility index (Phi) is 4.88. The van der Waals surface area contributed by atoms with Crippen molar-refractivity contribution < 1.29 is 9.72 Å². The van der Waals surface area contributed by atoms with Crippen LogP contribution < -0.4 is 10.2 Å². The molecule has 3 heterocycles. The Labute approximate surface area is 151 Å². The number of piperidine rings is 1. The lowest BCUT2D eigenvalue weighted by Crippen LogP contribution is -2.41. The third-order valence-corrected chi connectivity index (χ3v) is 4.57. The molecule has 1 amide bonds. The van der Waals surface area contributed by atoms with Gasteiger partial charge in [0.15, 0.2) is 0 Å². The summed E-state index contributed by atoms with van der Waals surface area (Å²) in [6.45, 7) is 4.56. The molecule has 1 N–H and O–H groups in total. The van der Waals surface area contributed by atoms with Crippen LogP contribution in [-0.2, 0) is 11.8 Å². The Balaban J connectivity index is 1.78. The van der Waals surface area contributed by atoms with E-state index in [1.54, 1.807) is 20.0 Å². The molecule has 1 aliphatic heterocycles. The van der Waals surface area contributed by atoms with Crippen LogP contribution >= 0.6 is 0 Å². The zero-order chi connectivity index (χ0) is 18.8. The van der Waals surface area contributed by atoms with Crippen LogP contribution in [0.3, 0.4) is 0 Å². The Morgan fingerprint density at radius 2 is 2.15 bits per heavy atom. The van der Waals surface area contributed by atoms with E-state index >= 15 is 0 Å². The lowest BCUT2D eigenvalue weighted by molar-refractivity contribution is -0.384. The van der Waals surface area contributed by atoms with Gasteiger partial charge in [-0.3, -0.25) is 14.9 Å². The topological polar surface area (TPSA) is 106 Å². The third kappa shape index (κ3) is 3.51. The number of rotatable bonds is 4. The smallest absolute Gasteiger partial charge is 0.333 e. The molecule has 0 spiro atoms. The summed E-state index contributed by atoms with van der Waals surface area (Å²) in [7, 11) is 1.69. The number of pyridine rings is 1. The van der Waals surface area contributed by atoms with Crippen molar-refractivity contribution in [3.8, 4) is 0 Å². The number of aromatic nitrogens is 3. The molecule has 0 bridgehead atoms. The lowest BCUT2D eigenvalue weighted by atomic mass is 9.97. The van der Waals surface area contributed by atoms with Gasteiger partial charge in [-0.05, 0) is 38.8 Å². The lowest BCUT2D eigenvalue weighted by Gasteiger charge is -2.32. The van der Waals surface area contributed by atoms with Crippen molar-refractivity contribution in [2.75, 3.05) is 23.3 Å². The molecule has 2 aromatic heterocycles. The first-order valence-corrected chi connectivity index (χ1v) is 8.54. The fourth-order valence-electron chi connectivity index (χ4n) is 3.43. The number of aryl methyl sites for hydroxylation is 3. The molecular weight excluding hydrogens is 336 g/mol. The van der Waals surface area contributed by atoms with Gasteiger partial charge in [0.1, 0.15) is 11.5 Å². The fraction of sp³-hybridized carbons (Fsp3) is 0.471. The number of amides is 1. The summed E-state index contributed by atoms with van der Waals surface area (Å²) in [5, 5.41) is 18.5. The fourth-order valence-corrected chi connectivity index (χ4v) is 3.43. The molecule has 0 saturated carbocycles. The molecule has 1 unspecified atom stereocenters. The van der Waals surface area contributed by atoms with E-state index in [0.717, 1.165) is 18.5 Å². The molecule has 9 heteroatoms. The van der Waals surface area contributed by atoms with Gasteiger partial charge in [-0.25, -0.2) is 9.67 Å². The predicted octanol–water partition coefficient (Wildman–Crippen LogP) is 2.20. The summed E-state index contributed by atoms with van der Waals surface area (Å²) < 4.78 is 1.52. The standard InChI is InChI=1S/C17H22N6O3/c1-11-6-4-8-14(18-11)19-16(24)13-7-5-9-22(10-13)17-15(23(25)26)12(2)20-21(17)3/h4,6,8,13H,5,7,9-10H2,1-3H3,(H,18,19,24). The summed E-state index contributed by atoms with van der Waals surface area (Å²) in [6.07, 6.45) is 1.51. The van der Waals surface area contributed by atoms with E-state index in [1.165, 1.54) is 4.68 Å². The number of carbonyl (C=O) groups excluding carboxylic acids is 1. The summed E-state index contributed by atoms with van der Waals surface area (Å²) in [5.41, 5.74) is 1.21. The molecule has 1 fully saturated rings. The van der Waals surface area contributed by atoms with Gasteiger partial charge < -0.3 is 10.2 Å². The molecule has 3 rings (SSSR count). The minimum Gasteiger partial charge on any atom is -0.350 e. The minimum atomic E-state index is -0.405. The van der Waals surface area contributed by atoms with Gasteiger partial charge in [0.2, 0.25) is 11.7 Å². The molecular formula is C17H22N6O3. The van der Waals surface area contributed by atoms with Gasteiger partial charge in [-0.2, -0.15) is 5.10 Å². The summed E-state index contributed by atoms with van der Waals surface area (Å²) >= 11 is 0. The second-order valence-electron chi connectivity index (χ2n) is 6.58. The zero-order valence-corrected chi connectivity index (χ0v) is 15.1. The van der Waals surface area contributed by atoms with Crippen molar-refractivity contribution in [3.63, 3.8) is 0 Å². The number of hydrogen-bond acceptors (Lipinski definition) is 6. The molecule has 0 aromatic carbocycles. The average molecular weight is 358 g/mol. The Morgan fingerprint density at radius 3 is 2.85 bits per heavy atom.